The van der Waals surface area contributed by atoms with Crippen LogP contribution in [-0.2, 0) is 4.79 Å². The van der Waals surface area contributed by atoms with E-state index in [1.54, 1.807) is 17.0 Å². The van der Waals surface area contributed by atoms with Crippen molar-refractivity contribution in [1.82, 2.24) is 4.90 Å². The number of carbonyl (C=O) groups excluding carboxylic acids is 2. The third-order valence-corrected chi connectivity index (χ3v) is 4.08. The predicted octanol–water partition coefficient (Wildman–Crippen LogP) is 2.40. The van der Waals surface area contributed by atoms with E-state index in [9.17, 15) is 14.7 Å². The fourth-order valence-corrected chi connectivity index (χ4v) is 2.54. The highest BCUT2D eigenvalue weighted by molar-refractivity contribution is 9.10. The molecule has 1 aromatic carbocycles. The van der Waals surface area contributed by atoms with Gasteiger partial charge in [0.1, 0.15) is 0 Å². The van der Waals surface area contributed by atoms with Gasteiger partial charge in [0, 0.05) is 36.0 Å². The number of ketones is 1. The molecule has 5 heteroatoms. The number of amides is 1. The zero-order valence-corrected chi connectivity index (χ0v) is 12.8. The lowest BCUT2D eigenvalue weighted by Crippen LogP contribution is -2.40. The van der Waals surface area contributed by atoms with E-state index >= 15 is 0 Å². The zero-order chi connectivity index (χ0) is 14.5. The molecular formula is C15H18BrNO3. The van der Waals surface area contributed by atoms with Gasteiger partial charge in [-0.05, 0) is 25.0 Å². The lowest BCUT2D eigenvalue weighted by Gasteiger charge is -2.29. The number of likely N-dealkylation sites (tertiary alicyclic amines) is 1. The van der Waals surface area contributed by atoms with E-state index in [4.69, 9.17) is 0 Å². The van der Waals surface area contributed by atoms with Gasteiger partial charge in [-0.2, -0.15) is 0 Å². The molecule has 0 radical (unpaired) electrons. The first-order valence-electron chi connectivity index (χ1n) is 6.81. The molecule has 0 saturated carbocycles. The van der Waals surface area contributed by atoms with Crippen molar-refractivity contribution in [2.45, 2.75) is 31.8 Å². The molecule has 0 spiro atoms. The van der Waals surface area contributed by atoms with Crippen LogP contribution < -0.4 is 0 Å². The van der Waals surface area contributed by atoms with Crippen molar-refractivity contribution >= 4 is 27.6 Å². The number of benzene rings is 1. The highest BCUT2D eigenvalue weighted by atomic mass is 79.9. The van der Waals surface area contributed by atoms with Gasteiger partial charge in [-0.15, -0.1) is 0 Å². The van der Waals surface area contributed by atoms with Crippen LogP contribution in [0, 0.1) is 0 Å². The van der Waals surface area contributed by atoms with E-state index in [1.807, 2.05) is 12.1 Å². The number of aliphatic hydroxyl groups excluding tert-OH is 1. The molecule has 108 valence electrons. The molecular weight excluding hydrogens is 322 g/mol. The summed E-state index contributed by atoms with van der Waals surface area (Å²) in [5, 5.41) is 9.40. The second-order valence-electron chi connectivity index (χ2n) is 5.04. The summed E-state index contributed by atoms with van der Waals surface area (Å²) in [5.41, 5.74) is 0.634. The molecule has 1 aliphatic heterocycles. The summed E-state index contributed by atoms with van der Waals surface area (Å²) in [6, 6.07) is 7.16. The van der Waals surface area contributed by atoms with Crippen LogP contribution in [0.3, 0.4) is 0 Å². The molecule has 1 N–H and O–H groups in total. The van der Waals surface area contributed by atoms with Crippen molar-refractivity contribution in [1.29, 1.82) is 0 Å². The van der Waals surface area contributed by atoms with Gasteiger partial charge in [-0.3, -0.25) is 9.59 Å². The summed E-state index contributed by atoms with van der Waals surface area (Å²) >= 11 is 3.32. The summed E-state index contributed by atoms with van der Waals surface area (Å²) in [4.78, 5) is 25.7. The van der Waals surface area contributed by atoms with Crippen LogP contribution in [0.5, 0.6) is 0 Å². The van der Waals surface area contributed by atoms with Gasteiger partial charge in [-0.1, -0.05) is 28.1 Å². The minimum Gasteiger partial charge on any atom is -0.393 e. The first-order valence-corrected chi connectivity index (χ1v) is 7.60. The summed E-state index contributed by atoms with van der Waals surface area (Å²) in [5.74, 6) is -0.00902. The number of hydrogen-bond acceptors (Lipinski definition) is 3. The summed E-state index contributed by atoms with van der Waals surface area (Å²) < 4.78 is 0.928. The van der Waals surface area contributed by atoms with Crippen molar-refractivity contribution in [2.75, 3.05) is 13.1 Å². The molecule has 0 aliphatic carbocycles. The predicted molar refractivity (Wildman–Crippen MR) is 79.5 cm³/mol. The topological polar surface area (TPSA) is 57.6 Å². The first-order chi connectivity index (χ1) is 9.56. The Hall–Kier alpha value is -1.20. The van der Waals surface area contributed by atoms with Crippen molar-refractivity contribution in [3.05, 3.63) is 34.3 Å². The number of piperidine rings is 1. The molecule has 1 saturated heterocycles. The zero-order valence-electron chi connectivity index (χ0n) is 11.2. The van der Waals surface area contributed by atoms with Gasteiger partial charge < -0.3 is 10.0 Å². The maximum Gasteiger partial charge on any atom is 0.223 e. The van der Waals surface area contributed by atoms with Crippen molar-refractivity contribution in [3.63, 3.8) is 0 Å². The monoisotopic (exact) mass is 339 g/mol. The number of nitrogens with zero attached hydrogens (tertiary/aromatic N) is 1. The molecule has 0 atom stereocenters. The number of aliphatic hydroxyl groups is 1. The Morgan fingerprint density at radius 3 is 2.35 bits per heavy atom. The normalized spacial score (nSPS) is 16.2. The second-order valence-corrected chi connectivity index (χ2v) is 5.96. The van der Waals surface area contributed by atoms with E-state index < -0.39 is 0 Å². The molecule has 1 aliphatic rings. The van der Waals surface area contributed by atoms with Gasteiger partial charge >= 0.3 is 0 Å². The Kier molecular flexibility index (Phi) is 5.31. The Morgan fingerprint density at radius 1 is 1.15 bits per heavy atom. The van der Waals surface area contributed by atoms with Gasteiger partial charge in [-0.25, -0.2) is 0 Å². The second kappa shape index (κ2) is 6.99. The fourth-order valence-electron chi connectivity index (χ4n) is 2.27. The third kappa shape index (κ3) is 4.15. The van der Waals surface area contributed by atoms with Crippen LogP contribution in [0.1, 0.15) is 36.0 Å². The molecule has 0 aromatic heterocycles. The summed E-state index contributed by atoms with van der Waals surface area (Å²) in [6.07, 6.45) is 1.45. The molecule has 1 fully saturated rings. The van der Waals surface area contributed by atoms with E-state index in [1.165, 1.54) is 0 Å². The Balaban J connectivity index is 1.81. The quantitative estimate of drug-likeness (QED) is 0.857. The average Bonchev–Trinajstić information content (AvgIpc) is 2.46. The molecule has 2 rings (SSSR count). The van der Waals surface area contributed by atoms with Crippen molar-refractivity contribution in [2.24, 2.45) is 0 Å². The van der Waals surface area contributed by atoms with Gasteiger partial charge in [0.05, 0.1) is 6.10 Å². The third-order valence-electron chi connectivity index (χ3n) is 3.55. The average molecular weight is 340 g/mol. The Bertz CT molecular complexity index is 478. The molecule has 1 amide bonds. The standard InChI is InChI=1S/C15H18BrNO3/c16-12-3-1-11(2-4-12)14(19)5-6-15(20)17-9-7-13(18)8-10-17/h1-4,13,18H,5-10H2. The van der Waals surface area contributed by atoms with Crippen LogP contribution in [-0.4, -0.2) is 40.9 Å². The van der Waals surface area contributed by atoms with Crippen LogP contribution in [0.2, 0.25) is 0 Å². The van der Waals surface area contributed by atoms with Crippen molar-refractivity contribution < 1.29 is 14.7 Å². The van der Waals surface area contributed by atoms with Crippen LogP contribution in [0.25, 0.3) is 0 Å². The maximum absolute atomic E-state index is 12.0. The van der Waals surface area contributed by atoms with E-state index in [0.29, 0.717) is 31.5 Å². The molecule has 0 bridgehead atoms. The van der Waals surface area contributed by atoms with Crippen LogP contribution in [0.15, 0.2) is 28.7 Å². The maximum atomic E-state index is 12.0. The molecule has 0 unspecified atom stereocenters. The number of hydrogen-bond donors (Lipinski definition) is 1. The van der Waals surface area contributed by atoms with E-state index in [0.717, 1.165) is 4.47 Å². The van der Waals surface area contributed by atoms with E-state index in [2.05, 4.69) is 15.9 Å². The van der Waals surface area contributed by atoms with Crippen LogP contribution >= 0.6 is 15.9 Å². The molecule has 1 aromatic rings. The minimum atomic E-state index is -0.288. The molecule has 1 heterocycles. The van der Waals surface area contributed by atoms with Crippen molar-refractivity contribution in [3.8, 4) is 0 Å². The number of Topliss-reactive ketones (excluding diaryl/α,β-unsaturated/α-hetero) is 1. The lowest BCUT2D eigenvalue weighted by molar-refractivity contribution is -0.133. The lowest BCUT2D eigenvalue weighted by atomic mass is 10.0. The van der Waals surface area contributed by atoms with Gasteiger partial charge in [0.25, 0.3) is 0 Å². The highest BCUT2D eigenvalue weighted by Crippen LogP contribution is 2.15. The Morgan fingerprint density at radius 2 is 1.75 bits per heavy atom. The largest absolute Gasteiger partial charge is 0.393 e. The van der Waals surface area contributed by atoms with Crippen LogP contribution in [0.4, 0.5) is 0 Å². The Labute approximate surface area is 126 Å². The molecule has 20 heavy (non-hydrogen) atoms. The number of rotatable bonds is 4. The molecule has 4 nitrogen and oxygen atoms in total. The van der Waals surface area contributed by atoms with E-state index in [-0.39, 0.29) is 30.6 Å². The smallest absolute Gasteiger partial charge is 0.223 e. The van der Waals surface area contributed by atoms with Gasteiger partial charge in [0.15, 0.2) is 5.78 Å². The number of halogens is 1. The number of carbonyl (C=O) groups is 2. The first kappa shape index (κ1) is 15.2. The minimum absolute atomic E-state index is 0.00219. The highest BCUT2D eigenvalue weighted by Gasteiger charge is 2.21. The SMILES string of the molecule is O=C(CCC(=O)N1CCC(O)CC1)c1ccc(Br)cc1. The summed E-state index contributed by atoms with van der Waals surface area (Å²) in [7, 11) is 0. The fraction of sp³-hybridized carbons (Fsp3) is 0.467. The van der Waals surface area contributed by atoms with Gasteiger partial charge in [0.2, 0.25) is 5.91 Å². The summed E-state index contributed by atoms with van der Waals surface area (Å²) in [6.45, 7) is 1.18.